The van der Waals surface area contributed by atoms with Gasteiger partial charge in [-0.25, -0.2) is 4.39 Å². The predicted octanol–water partition coefficient (Wildman–Crippen LogP) is 5.52. The smallest absolute Gasteiger partial charge is 0.258 e. The lowest BCUT2D eigenvalue weighted by atomic mass is 9.98. The highest BCUT2D eigenvalue weighted by Crippen LogP contribution is 2.33. The third kappa shape index (κ3) is 4.94. The highest BCUT2D eigenvalue weighted by Gasteiger charge is 2.30. The Kier molecular flexibility index (Phi) is 6.43. The maximum absolute atomic E-state index is 14.8. The van der Waals surface area contributed by atoms with E-state index in [1.165, 1.54) is 12.1 Å². The van der Waals surface area contributed by atoms with Gasteiger partial charge in [0.15, 0.2) is 17.7 Å². The van der Waals surface area contributed by atoms with E-state index >= 15 is 0 Å². The number of carbonyl (C=O) groups excluding carboxylic acids is 2. The third-order valence-corrected chi connectivity index (χ3v) is 6.05. The van der Waals surface area contributed by atoms with Gasteiger partial charge in [-0.3, -0.25) is 9.59 Å². The Hall–Kier alpha value is -4.17. The van der Waals surface area contributed by atoms with Crippen LogP contribution < -0.4 is 4.74 Å². The molecular weight excluding hydrogens is 463 g/mol. The molecule has 0 saturated heterocycles. The highest BCUT2D eigenvalue weighted by atomic mass is 19.1. The number of halogens is 1. The van der Waals surface area contributed by atoms with Gasteiger partial charge >= 0.3 is 0 Å². The lowest BCUT2D eigenvalue weighted by Crippen LogP contribution is -2.14. The van der Waals surface area contributed by atoms with Crippen molar-refractivity contribution in [2.45, 2.75) is 32.0 Å². The van der Waals surface area contributed by atoms with E-state index < -0.39 is 23.8 Å². The molecule has 0 radical (unpaired) electrons. The second kappa shape index (κ2) is 9.83. The molecule has 0 bridgehead atoms. The monoisotopic (exact) mass is 486 g/mol. The van der Waals surface area contributed by atoms with Gasteiger partial charge in [-0.2, -0.15) is 4.98 Å². The normalized spacial score (nSPS) is 14.8. The van der Waals surface area contributed by atoms with Crippen LogP contribution in [0.2, 0.25) is 0 Å². The average Bonchev–Trinajstić information content (AvgIpc) is 3.64. The number of rotatable bonds is 9. The van der Waals surface area contributed by atoms with E-state index in [1.807, 2.05) is 0 Å². The number of hydrogen-bond donors (Lipinski definition) is 1. The fourth-order valence-corrected chi connectivity index (χ4v) is 3.84. The summed E-state index contributed by atoms with van der Waals surface area (Å²) in [7, 11) is 0. The molecule has 7 nitrogen and oxygen atoms in total. The van der Waals surface area contributed by atoms with E-state index in [-0.39, 0.29) is 34.5 Å². The summed E-state index contributed by atoms with van der Waals surface area (Å²) in [5.74, 6) is -0.380. The van der Waals surface area contributed by atoms with Crippen molar-refractivity contribution in [1.29, 1.82) is 0 Å². The second-order valence-corrected chi connectivity index (χ2v) is 8.75. The fraction of sp³-hybridized carbons (Fsp3) is 0.214. The Morgan fingerprint density at radius 3 is 2.44 bits per heavy atom. The molecule has 1 saturated carbocycles. The minimum absolute atomic E-state index is 0.0623. The van der Waals surface area contributed by atoms with Crippen molar-refractivity contribution in [1.82, 2.24) is 10.1 Å². The van der Waals surface area contributed by atoms with E-state index in [0.29, 0.717) is 16.9 Å². The first kappa shape index (κ1) is 23.6. The van der Waals surface area contributed by atoms with E-state index in [9.17, 15) is 19.1 Å². The van der Waals surface area contributed by atoms with Crippen molar-refractivity contribution in [2.24, 2.45) is 5.92 Å². The van der Waals surface area contributed by atoms with Gasteiger partial charge in [-0.1, -0.05) is 35.5 Å². The lowest BCUT2D eigenvalue weighted by Gasteiger charge is -2.11. The molecule has 2 atom stereocenters. The topological polar surface area (TPSA) is 103 Å². The SMILES string of the molecule is CC(Oc1ccc(C(=O)C2CC2)cc1)c1noc(-c2ccc(C(=O)C(O)c3ccccc3)c(F)c2)n1. The predicted molar refractivity (Wildman–Crippen MR) is 128 cm³/mol. The molecule has 4 aromatic rings. The molecule has 182 valence electrons. The summed E-state index contributed by atoms with van der Waals surface area (Å²) in [6.45, 7) is 1.74. The van der Waals surface area contributed by atoms with E-state index in [4.69, 9.17) is 9.26 Å². The number of aromatic nitrogens is 2. The van der Waals surface area contributed by atoms with Crippen LogP contribution in [0.15, 0.2) is 77.3 Å². The maximum atomic E-state index is 14.8. The molecule has 0 amide bonds. The van der Waals surface area contributed by atoms with Gasteiger partial charge in [-0.05, 0) is 67.8 Å². The summed E-state index contributed by atoms with van der Waals surface area (Å²) in [4.78, 5) is 29.0. The van der Waals surface area contributed by atoms with Crippen molar-refractivity contribution in [3.05, 3.63) is 101 Å². The molecule has 0 spiro atoms. The zero-order chi connectivity index (χ0) is 25.2. The number of aliphatic hydroxyl groups is 1. The number of carbonyl (C=O) groups is 2. The Bertz CT molecular complexity index is 1400. The molecule has 2 unspecified atom stereocenters. The number of hydrogen-bond acceptors (Lipinski definition) is 7. The summed E-state index contributed by atoms with van der Waals surface area (Å²) in [5, 5.41) is 14.2. The van der Waals surface area contributed by atoms with Gasteiger partial charge in [-0.15, -0.1) is 0 Å². The van der Waals surface area contributed by atoms with Gasteiger partial charge in [0.05, 0.1) is 5.56 Å². The Balaban J connectivity index is 1.26. The molecule has 8 heteroatoms. The fourth-order valence-electron chi connectivity index (χ4n) is 3.84. The molecule has 0 aliphatic heterocycles. The first-order valence-corrected chi connectivity index (χ1v) is 11.6. The number of nitrogens with zero attached hydrogens (tertiary/aromatic N) is 2. The number of benzene rings is 3. The van der Waals surface area contributed by atoms with Crippen LogP contribution >= 0.6 is 0 Å². The van der Waals surface area contributed by atoms with Crippen LogP contribution in [-0.2, 0) is 0 Å². The highest BCUT2D eigenvalue weighted by molar-refractivity contribution is 6.00. The third-order valence-electron chi connectivity index (χ3n) is 6.05. The number of ketones is 2. The minimum atomic E-state index is -1.47. The molecule has 36 heavy (non-hydrogen) atoms. The van der Waals surface area contributed by atoms with Crippen molar-refractivity contribution in [3.63, 3.8) is 0 Å². The Morgan fingerprint density at radius 1 is 1.06 bits per heavy atom. The standard InChI is InChI=1S/C28H23FN2O5/c1-16(35-21-12-9-19(10-13-21)24(32)18-7-8-18)27-30-28(36-31-27)20-11-14-22(23(29)15-20)26(34)25(33)17-5-3-2-4-6-17/h2-6,9-16,18,25,33H,7-8H2,1H3. The van der Waals surface area contributed by atoms with Crippen molar-refractivity contribution in [2.75, 3.05) is 0 Å². The van der Waals surface area contributed by atoms with Gasteiger partial charge in [0.2, 0.25) is 5.82 Å². The van der Waals surface area contributed by atoms with Gasteiger partial charge in [0, 0.05) is 17.0 Å². The molecule has 1 fully saturated rings. The van der Waals surface area contributed by atoms with Crippen LogP contribution in [0.4, 0.5) is 4.39 Å². The first-order valence-electron chi connectivity index (χ1n) is 11.6. The van der Waals surface area contributed by atoms with Crippen molar-refractivity contribution in [3.8, 4) is 17.2 Å². The first-order chi connectivity index (χ1) is 17.4. The largest absolute Gasteiger partial charge is 0.483 e. The van der Waals surface area contributed by atoms with Crippen LogP contribution in [0.5, 0.6) is 5.75 Å². The molecule has 1 heterocycles. The van der Waals surface area contributed by atoms with Crippen molar-refractivity contribution >= 4 is 11.6 Å². The molecular formula is C28H23FN2O5. The summed E-state index contributed by atoms with van der Waals surface area (Å²) in [6.07, 6.45) is -0.140. The summed E-state index contributed by atoms with van der Waals surface area (Å²) in [6, 6.07) is 19.1. The number of Topliss-reactive ketones (excluding diaryl/α,β-unsaturated/α-hetero) is 2. The zero-order valence-corrected chi connectivity index (χ0v) is 19.4. The van der Waals surface area contributed by atoms with E-state index in [0.717, 1.165) is 18.9 Å². The average molecular weight is 486 g/mol. The molecule has 1 aliphatic carbocycles. The van der Waals surface area contributed by atoms with Gasteiger partial charge in [0.1, 0.15) is 17.7 Å². The van der Waals surface area contributed by atoms with Crippen molar-refractivity contribution < 1.29 is 28.3 Å². The molecule has 1 N–H and O–H groups in total. The molecule has 1 aliphatic rings. The number of aliphatic hydroxyl groups excluding tert-OH is 1. The van der Waals surface area contributed by atoms with Crippen LogP contribution in [0.3, 0.4) is 0 Å². The minimum Gasteiger partial charge on any atom is -0.483 e. The zero-order valence-electron chi connectivity index (χ0n) is 19.4. The quantitative estimate of drug-likeness (QED) is 0.311. The second-order valence-electron chi connectivity index (χ2n) is 8.75. The molecule has 1 aromatic heterocycles. The maximum Gasteiger partial charge on any atom is 0.258 e. The van der Waals surface area contributed by atoms with Crippen LogP contribution in [0.1, 0.15) is 64.1 Å². The summed E-state index contributed by atoms with van der Waals surface area (Å²) >= 11 is 0. The van der Waals surface area contributed by atoms with Crippen LogP contribution in [-0.4, -0.2) is 26.8 Å². The Morgan fingerprint density at radius 2 is 1.78 bits per heavy atom. The number of ether oxygens (including phenoxy) is 1. The molecule has 3 aromatic carbocycles. The van der Waals surface area contributed by atoms with Crippen LogP contribution in [0, 0.1) is 11.7 Å². The summed E-state index contributed by atoms with van der Waals surface area (Å²) in [5.41, 5.74) is 1.09. The van der Waals surface area contributed by atoms with E-state index in [1.54, 1.807) is 61.5 Å². The molecule has 5 rings (SSSR count). The van der Waals surface area contributed by atoms with E-state index in [2.05, 4.69) is 10.1 Å². The van der Waals surface area contributed by atoms with Crippen LogP contribution in [0.25, 0.3) is 11.5 Å². The lowest BCUT2D eigenvalue weighted by molar-refractivity contribution is 0.0743. The Labute approximate surface area is 206 Å². The van der Waals surface area contributed by atoms with Gasteiger partial charge < -0.3 is 14.4 Å². The summed E-state index contributed by atoms with van der Waals surface area (Å²) < 4.78 is 25.9. The van der Waals surface area contributed by atoms with Gasteiger partial charge in [0.25, 0.3) is 5.89 Å².